The number of rotatable bonds is 4. The maximum Gasteiger partial charge on any atom is 0.223 e. The number of morpholine rings is 1. The second-order valence-electron chi connectivity index (χ2n) is 7.10. The Labute approximate surface area is 155 Å². The van der Waals surface area contributed by atoms with E-state index in [4.69, 9.17) is 4.74 Å². The van der Waals surface area contributed by atoms with E-state index in [1.165, 1.54) is 22.4 Å². The Morgan fingerprint density at radius 3 is 2.42 bits per heavy atom. The first-order valence-corrected chi connectivity index (χ1v) is 9.56. The quantitative estimate of drug-likeness (QED) is 0.850. The molecule has 0 bridgehead atoms. The van der Waals surface area contributed by atoms with E-state index < -0.39 is 0 Å². The molecule has 0 aliphatic carbocycles. The van der Waals surface area contributed by atoms with Crippen LogP contribution in [0.15, 0.2) is 48.5 Å². The van der Waals surface area contributed by atoms with Crippen LogP contribution in [0, 0.1) is 0 Å². The molecule has 0 spiro atoms. The van der Waals surface area contributed by atoms with Gasteiger partial charge in [0.1, 0.15) is 0 Å². The van der Waals surface area contributed by atoms with Gasteiger partial charge in [0.25, 0.3) is 0 Å². The fraction of sp³-hybridized carbons (Fsp3) is 0.409. The molecular formula is C22H26N2O2. The van der Waals surface area contributed by atoms with Crippen molar-refractivity contribution in [2.24, 2.45) is 0 Å². The molecule has 4 rings (SSSR count). The Kier molecular flexibility index (Phi) is 5.21. The van der Waals surface area contributed by atoms with Crippen molar-refractivity contribution in [3.05, 3.63) is 65.2 Å². The molecule has 26 heavy (non-hydrogen) atoms. The number of carbonyl (C=O) groups excluding carboxylic acids is 1. The molecule has 0 unspecified atom stereocenters. The molecule has 0 aromatic heterocycles. The lowest BCUT2D eigenvalue weighted by Crippen LogP contribution is -2.36. The Bertz CT molecular complexity index is 751. The van der Waals surface area contributed by atoms with Crippen molar-refractivity contribution in [1.29, 1.82) is 0 Å². The minimum atomic E-state index is 0.261. The zero-order valence-corrected chi connectivity index (χ0v) is 15.2. The molecule has 1 saturated heterocycles. The molecule has 2 aromatic carbocycles. The van der Waals surface area contributed by atoms with E-state index in [9.17, 15) is 4.79 Å². The first kappa shape index (κ1) is 17.1. The molecule has 136 valence electrons. The first-order valence-electron chi connectivity index (χ1n) is 9.56. The zero-order chi connectivity index (χ0) is 17.8. The van der Waals surface area contributed by atoms with Gasteiger partial charge in [0.15, 0.2) is 0 Å². The minimum absolute atomic E-state index is 0.261. The molecule has 2 aliphatic heterocycles. The third-order valence-electron chi connectivity index (χ3n) is 5.42. The van der Waals surface area contributed by atoms with Crippen LogP contribution in [0.1, 0.15) is 23.1 Å². The highest BCUT2D eigenvalue weighted by molar-refractivity contribution is 5.76. The molecule has 2 heterocycles. The fourth-order valence-corrected chi connectivity index (χ4v) is 3.81. The van der Waals surface area contributed by atoms with Gasteiger partial charge in [-0.3, -0.25) is 4.79 Å². The Hall–Kier alpha value is -2.33. The molecule has 2 aliphatic rings. The molecule has 0 saturated carbocycles. The summed E-state index contributed by atoms with van der Waals surface area (Å²) >= 11 is 0. The monoisotopic (exact) mass is 350 g/mol. The first-order chi connectivity index (χ1) is 12.8. The van der Waals surface area contributed by atoms with Gasteiger partial charge in [-0.1, -0.05) is 36.4 Å². The van der Waals surface area contributed by atoms with E-state index in [1.807, 2.05) is 4.90 Å². The van der Waals surface area contributed by atoms with E-state index in [0.29, 0.717) is 6.42 Å². The Balaban J connectivity index is 1.30. The third kappa shape index (κ3) is 3.91. The van der Waals surface area contributed by atoms with Crippen molar-refractivity contribution in [3.8, 4) is 0 Å². The number of carbonyl (C=O) groups is 1. The van der Waals surface area contributed by atoms with Crippen molar-refractivity contribution >= 4 is 11.6 Å². The number of amides is 1. The Morgan fingerprint density at radius 1 is 0.923 bits per heavy atom. The highest BCUT2D eigenvalue weighted by Gasteiger charge is 2.20. The predicted molar refractivity (Wildman–Crippen MR) is 103 cm³/mol. The highest BCUT2D eigenvalue weighted by atomic mass is 16.5. The van der Waals surface area contributed by atoms with Crippen LogP contribution in [-0.4, -0.2) is 43.7 Å². The summed E-state index contributed by atoms with van der Waals surface area (Å²) in [5, 5.41) is 0. The van der Waals surface area contributed by atoms with Crippen LogP contribution in [0.2, 0.25) is 0 Å². The maximum atomic E-state index is 12.6. The van der Waals surface area contributed by atoms with Crippen molar-refractivity contribution in [2.45, 2.75) is 25.8 Å². The van der Waals surface area contributed by atoms with E-state index in [2.05, 4.69) is 53.4 Å². The molecule has 0 N–H and O–H groups in total. The SMILES string of the molecule is O=C(CCc1ccc(N2CCOCC2)cc1)N1CCc2ccccc2C1. The van der Waals surface area contributed by atoms with Gasteiger partial charge in [0, 0.05) is 38.3 Å². The molecule has 0 atom stereocenters. The van der Waals surface area contributed by atoms with Gasteiger partial charge < -0.3 is 14.5 Å². The number of fused-ring (bicyclic) bond motifs is 1. The fourth-order valence-electron chi connectivity index (χ4n) is 3.81. The standard InChI is InChI=1S/C22H26N2O2/c25-22(24-12-11-19-3-1-2-4-20(19)17-24)10-7-18-5-8-21(9-6-18)23-13-15-26-16-14-23/h1-6,8-9H,7,10-17H2. The van der Waals surface area contributed by atoms with E-state index in [0.717, 1.165) is 52.2 Å². The summed E-state index contributed by atoms with van der Waals surface area (Å²) in [4.78, 5) is 17.0. The van der Waals surface area contributed by atoms with Crippen LogP contribution < -0.4 is 4.90 Å². The average Bonchev–Trinajstić information content (AvgIpc) is 2.72. The van der Waals surface area contributed by atoms with Crippen LogP contribution in [0.5, 0.6) is 0 Å². The molecule has 2 aromatic rings. The van der Waals surface area contributed by atoms with Crippen molar-refractivity contribution in [2.75, 3.05) is 37.7 Å². The summed E-state index contributed by atoms with van der Waals surface area (Å²) in [6.45, 7) is 5.10. The van der Waals surface area contributed by atoms with Gasteiger partial charge in [0.05, 0.1) is 13.2 Å². The molecule has 4 heteroatoms. The van der Waals surface area contributed by atoms with Crippen LogP contribution in [0.3, 0.4) is 0 Å². The number of benzene rings is 2. The summed E-state index contributed by atoms with van der Waals surface area (Å²) in [6.07, 6.45) is 2.36. The summed E-state index contributed by atoms with van der Waals surface area (Å²) < 4.78 is 5.41. The average molecular weight is 350 g/mol. The summed E-state index contributed by atoms with van der Waals surface area (Å²) in [6, 6.07) is 17.1. The van der Waals surface area contributed by atoms with E-state index >= 15 is 0 Å². The smallest absolute Gasteiger partial charge is 0.223 e. The number of hydrogen-bond donors (Lipinski definition) is 0. The van der Waals surface area contributed by atoms with Crippen molar-refractivity contribution in [3.63, 3.8) is 0 Å². The largest absolute Gasteiger partial charge is 0.378 e. The van der Waals surface area contributed by atoms with Gasteiger partial charge in [-0.15, -0.1) is 0 Å². The number of nitrogens with zero attached hydrogens (tertiary/aromatic N) is 2. The van der Waals surface area contributed by atoms with Crippen LogP contribution in [0.25, 0.3) is 0 Å². The summed E-state index contributed by atoms with van der Waals surface area (Å²) in [7, 11) is 0. The van der Waals surface area contributed by atoms with Crippen LogP contribution in [-0.2, 0) is 28.9 Å². The second-order valence-corrected chi connectivity index (χ2v) is 7.10. The zero-order valence-electron chi connectivity index (χ0n) is 15.2. The molecular weight excluding hydrogens is 324 g/mol. The van der Waals surface area contributed by atoms with Gasteiger partial charge >= 0.3 is 0 Å². The maximum absolute atomic E-state index is 12.6. The number of ether oxygens (including phenoxy) is 1. The van der Waals surface area contributed by atoms with Crippen LogP contribution >= 0.6 is 0 Å². The molecule has 0 radical (unpaired) electrons. The van der Waals surface area contributed by atoms with Crippen molar-refractivity contribution < 1.29 is 9.53 Å². The molecule has 1 fully saturated rings. The summed E-state index contributed by atoms with van der Waals surface area (Å²) in [5.74, 6) is 0.261. The highest BCUT2D eigenvalue weighted by Crippen LogP contribution is 2.20. The van der Waals surface area contributed by atoms with Gasteiger partial charge in [-0.25, -0.2) is 0 Å². The van der Waals surface area contributed by atoms with E-state index in [-0.39, 0.29) is 5.91 Å². The van der Waals surface area contributed by atoms with Crippen molar-refractivity contribution in [1.82, 2.24) is 4.90 Å². The van der Waals surface area contributed by atoms with Gasteiger partial charge in [0.2, 0.25) is 5.91 Å². The third-order valence-corrected chi connectivity index (χ3v) is 5.42. The Morgan fingerprint density at radius 2 is 1.65 bits per heavy atom. The summed E-state index contributed by atoms with van der Waals surface area (Å²) in [5.41, 5.74) is 5.15. The minimum Gasteiger partial charge on any atom is -0.378 e. The second kappa shape index (κ2) is 7.92. The molecule has 1 amide bonds. The lowest BCUT2D eigenvalue weighted by molar-refractivity contribution is -0.132. The number of hydrogen-bond acceptors (Lipinski definition) is 3. The van der Waals surface area contributed by atoms with Crippen LogP contribution in [0.4, 0.5) is 5.69 Å². The lowest BCUT2D eigenvalue weighted by atomic mass is 9.99. The normalized spacial score (nSPS) is 17.1. The predicted octanol–water partition coefficient (Wildman–Crippen LogP) is 3.04. The molecule has 4 nitrogen and oxygen atoms in total. The lowest BCUT2D eigenvalue weighted by Gasteiger charge is -2.29. The van der Waals surface area contributed by atoms with Gasteiger partial charge in [-0.2, -0.15) is 0 Å². The number of aryl methyl sites for hydroxylation is 1. The van der Waals surface area contributed by atoms with Gasteiger partial charge in [-0.05, 0) is 41.7 Å². The van der Waals surface area contributed by atoms with E-state index in [1.54, 1.807) is 0 Å². The number of anilines is 1. The topological polar surface area (TPSA) is 32.8 Å².